The van der Waals surface area contributed by atoms with Crippen LogP contribution in [0.4, 0.5) is 0 Å². The van der Waals surface area contributed by atoms with Crippen molar-refractivity contribution in [3.8, 4) is 11.3 Å². The zero-order valence-electron chi connectivity index (χ0n) is 17.5. The molecular formula is C24H29N4O+. The first kappa shape index (κ1) is 19.4. The van der Waals surface area contributed by atoms with Crippen molar-refractivity contribution in [1.82, 2.24) is 14.0 Å². The molecule has 0 atom stereocenters. The van der Waals surface area contributed by atoms with Gasteiger partial charge in [-0.2, -0.15) is 0 Å². The average Bonchev–Trinajstić information content (AvgIpc) is 3.30. The van der Waals surface area contributed by atoms with Gasteiger partial charge in [0, 0.05) is 12.0 Å². The molecule has 2 aromatic heterocycles. The summed E-state index contributed by atoms with van der Waals surface area (Å²) in [7, 11) is 0. The molecule has 0 saturated heterocycles. The van der Waals surface area contributed by atoms with Gasteiger partial charge >= 0.3 is 0 Å². The first-order chi connectivity index (χ1) is 14.2. The van der Waals surface area contributed by atoms with E-state index in [1.807, 2.05) is 43.3 Å². The molecule has 0 saturated carbocycles. The summed E-state index contributed by atoms with van der Waals surface area (Å²) < 4.78 is 4.35. The predicted molar refractivity (Wildman–Crippen MR) is 118 cm³/mol. The molecule has 29 heavy (non-hydrogen) atoms. The Morgan fingerprint density at radius 1 is 0.931 bits per heavy atom. The molecule has 4 aromatic rings. The van der Waals surface area contributed by atoms with E-state index in [0.717, 1.165) is 54.2 Å². The summed E-state index contributed by atoms with van der Waals surface area (Å²) in [5.41, 5.74) is 4.63. The van der Waals surface area contributed by atoms with Crippen LogP contribution >= 0.6 is 0 Å². The van der Waals surface area contributed by atoms with E-state index in [9.17, 15) is 4.79 Å². The Bertz CT molecular complexity index is 1140. The van der Waals surface area contributed by atoms with E-state index < -0.39 is 0 Å². The van der Waals surface area contributed by atoms with Gasteiger partial charge in [0.15, 0.2) is 5.78 Å². The number of aromatic nitrogens is 3. The zero-order chi connectivity index (χ0) is 20.4. The van der Waals surface area contributed by atoms with Crippen LogP contribution in [0, 0.1) is 0 Å². The highest BCUT2D eigenvalue weighted by Gasteiger charge is 2.24. The van der Waals surface area contributed by atoms with E-state index in [4.69, 9.17) is 4.98 Å². The number of para-hydroxylation sites is 2. The molecule has 150 valence electrons. The zero-order valence-corrected chi connectivity index (χ0v) is 17.5. The van der Waals surface area contributed by atoms with Crippen LogP contribution in [0.2, 0.25) is 0 Å². The van der Waals surface area contributed by atoms with Crippen molar-refractivity contribution in [2.75, 3.05) is 19.6 Å². The molecular weight excluding hydrogens is 360 g/mol. The molecule has 0 unspecified atom stereocenters. The summed E-state index contributed by atoms with van der Waals surface area (Å²) in [6.45, 7) is 10.5. The van der Waals surface area contributed by atoms with Crippen LogP contribution in [0.3, 0.4) is 0 Å². The Labute approximate surface area is 171 Å². The second-order valence-electron chi connectivity index (χ2n) is 7.43. The van der Waals surface area contributed by atoms with Gasteiger partial charge in [-0.3, -0.25) is 9.20 Å². The van der Waals surface area contributed by atoms with Gasteiger partial charge in [-0.25, -0.2) is 4.98 Å². The van der Waals surface area contributed by atoms with Crippen molar-refractivity contribution in [3.05, 3.63) is 60.3 Å². The summed E-state index contributed by atoms with van der Waals surface area (Å²) in [6, 6.07) is 18.3. The summed E-state index contributed by atoms with van der Waals surface area (Å²) in [6.07, 6.45) is 0.455. The monoisotopic (exact) mass is 389 g/mol. The minimum absolute atomic E-state index is 0.119. The molecule has 4 rings (SSSR count). The predicted octanol–water partition coefficient (Wildman–Crippen LogP) is 3.47. The average molecular weight is 390 g/mol. The lowest BCUT2D eigenvalue weighted by Crippen LogP contribution is -3.11. The van der Waals surface area contributed by atoms with Crippen LogP contribution in [-0.2, 0) is 6.54 Å². The van der Waals surface area contributed by atoms with Gasteiger partial charge in [-0.1, -0.05) is 49.4 Å². The lowest BCUT2D eigenvalue weighted by Gasteiger charge is -2.15. The highest BCUT2D eigenvalue weighted by atomic mass is 16.1. The standard InChI is InChI=1S/C24H28N4O/c1-4-21(29)23-22(18-12-8-7-9-13-18)25-24-27(17-16-26(5-2)6-3)19-14-10-11-15-20(19)28(23)24/h7-15H,4-6,16-17H2,1-3H3/p+1. The minimum Gasteiger partial charge on any atom is -0.334 e. The fourth-order valence-electron chi connectivity index (χ4n) is 4.12. The maximum Gasteiger partial charge on any atom is 0.216 e. The molecule has 0 spiro atoms. The molecule has 0 aliphatic carbocycles. The smallest absolute Gasteiger partial charge is 0.216 e. The number of hydrogen-bond acceptors (Lipinski definition) is 2. The third-order valence-electron chi connectivity index (χ3n) is 5.84. The number of ketones is 1. The van der Waals surface area contributed by atoms with Gasteiger partial charge in [0.2, 0.25) is 5.78 Å². The van der Waals surface area contributed by atoms with Crippen molar-refractivity contribution in [2.45, 2.75) is 33.7 Å². The normalized spacial score (nSPS) is 11.7. The number of carbonyl (C=O) groups excluding carboxylic acids is 1. The van der Waals surface area contributed by atoms with Crippen molar-refractivity contribution < 1.29 is 9.69 Å². The Morgan fingerprint density at radius 3 is 2.24 bits per heavy atom. The SMILES string of the molecule is CCC(=O)c1c(-c2ccccc2)nc2n(CC[NH+](CC)CC)c3ccccc3n12. The number of imidazole rings is 2. The van der Waals surface area contributed by atoms with Crippen LogP contribution in [0.25, 0.3) is 28.1 Å². The van der Waals surface area contributed by atoms with E-state index in [2.05, 4.69) is 41.0 Å². The summed E-state index contributed by atoms with van der Waals surface area (Å²) >= 11 is 0. The Morgan fingerprint density at radius 2 is 1.59 bits per heavy atom. The first-order valence-corrected chi connectivity index (χ1v) is 10.6. The van der Waals surface area contributed by atoms with Crippen LogP contribution < -0.4 is 4.90 Å². The van der Waals surface area contributed by atoms with Crippen LogP contribution in [0.1, 0.15) is 37.7 Å². The number of rotatable bonds is 8. The van der Waals surface area contributed by atoms with Gasteiger partial charge < -0.3 is 9.47 Å². The summed E-state index contributed by atoms with van der Waals surface area (Å²) in [5, 5.41) is 0. The van der Waals surface area contributed by atoms with Crippen molar-refractivity contribution in [1.29, 1.82) is 0 Å². The quantitative estimate of drug-likeness (QED) is 0.469. The van der Waals surface area contributed by atoms with E-state index in [1.165, 1.54) is 0 Å². The number of carbonyl (C=O) groups is 1. The summed E-state index contributed by atoms with van der Waals surface area (Å²) in [5.74, 6) is 0.974. The summed E-state index contributed by atoms with van der Waals surface area (Å²) in [4.78, 5) is 19.6. The molecule has 5 heteroatoms. The highest BCUT2D eigenvalue weighted by molar-refractivity contribution is 6.03. The van der Waals surface area contributed by atoms with E-state index in [1.54, 1.807) is 4.90 Å². The largest absolute Gasteiger partial charge is 0.334 e. The third kappa shape index (κ3) is 3.36. The fraction of sp³-hybridized carbons (Fsp3) is 0.333. The molecule has 2 heterocycles. The number of hydrogen-bond donors (Lipinski definition) is 1. The van der Waals surface area contributed by atoms with Crippen LogP contribution in [-0.4, -0.2) is 39.4 Å². The lowest BCUT2D eigenvalue weighted by atomic mass is 10.1. The number of nitrogens with zero attached hydrogens (tertiary/aromatic N) is 3. The molecule has 0 amide bonds. The second-order valence-corrected chi connectivity index (χ2v) is 7.43. The molecule has 1 N–H and O–H groups in total. The number of quaternary nitrogens is 1. The van der Waals surface area contributed by atoms with Gasteiger partial charge in [-0.15, -0.1) is 0 Å². The van der Waals surface area contributed by atoms with Gasteiger partial charge in [0.05, 0.1) is 37.2 Å². The van der Waals surface area contributed by atoms with Crippen molar-refractivity contribution in [2.24, 2.45) is 0 Å². The van der Waals surface area contributed by atoms with Crippen molar-refractivity contribution in [3.63, 3.8) is 0 Å². The number of benzene rings is 2. The number of fused-ring (bicyclic) bond motifs is 3. The molecule has 0 bridgehead atoms. The minimum atomic E-state index is 0.119. The topological polar surface area (TPSA) is 43.7 Å². The highest BCUT2D eigenvalue weighted by Crippen LogP contribution is 2.30. The molecule has 0 fully saturated rings. The molecule has 0 aliphatic rings. The maximum absolute atomic E-state index is 13.0. The van der Waals surface area contributed by atoms with E-state index in [0.29, 0.717) is 12.1 Å². The van der Waals surface area contributed by atoms with Gasteiger partial charge in [-0.05, 0) is 26.0 Å². The first-order valence-electron chi connectivity index (χ1n) is 10.6. The van der Waals surface area contributed by atoms with Gasteiger partial charge in [0.1, 0.15) is 11.4 Å². The Kier molecular flexibility index (Phi) is 5.49. The number of Topliss-reactive ketones (excluding diaryl/α,β-unsaturated/α-hetero) is 1. The third-order valence-corrected chi connectivity index (χ3v) is 5.84. The van der Waals surface area contributed by atoms with Gasteiger partial charge in [0.25, 0.3) is 0 Å². The fourth-order valence-corrected chi connectivity index (χ4v) is 4.12. The van der Waals surface area contributed by atoms with E-state index >= 15 is 0 Å². The number of likely N-dealkylation sites (N-methyl/N-ethyl adjacent to an activating group) is 1. The maximum atomic E-state index is 13.0. The lowest BCUT2D eigenvalue weighted by molar-refractivity contribution is -0.897. The molecule has 5 nitrogen and oxygen atoms in total. The van der Waals surface area contributed by atoms with E-state index in [-0.39, 0.29) is 5.78 Å². The molecule has 0 radical (unpaired) electrons. The van der Waals surface area contributed by atoms with Crippen molar-refractivity contribution >= 4 is 22.6 Å². The van der Waals surface area contributed by atoms with Crippen LogP contribution in [0.15, 0.2) is 54.6 Å². The Hall–Kier alpha value is -2.92. The second kappa shape index (κ2) is 8.21. The number of nitrogens with one attached hydrogen (secondary N) is 1. The Balaban J connectivity index is 1.97. The molecule has 2 aromatic carbocycles. The molecule has 0 aliphatic heterocycles. The van der Waals surface area contributed by atoms with Crippen LogP contribution in [0.5, 0.6) is 0 Å².